The molecule has 4 nitrogen and oxygen atoms in total. The standard InChI is InChI=1S/C22H26ClFN2O2/c1-17(15-25-10-12-28-13-11-25)26(16-18-6-3-2-4-7-18)22(27)14-19-20(23)8-5-9-21(19)24/h2-9,17H,10-16H2,1H3. The Bertz CT molecular complexity index is 761. The molecule has 0 N–H and O–H groups in total. The SMILES string of the molecule is CC(CN1CCOCC1)N(Cc1ccccc1)C(=O)Cc1c(F)cccc1Cl. The molecule has 6 heteroatoms. The van der Waals surface area contributed by atoms with E-state index in [4.69, 9.17) is 16.3 Å². The predicted octanol–water partition coefficient (Wildman–Crippen LogP) is 3.77. The van der Waals surface area contributed by atoms with Crippen molar-refractivity contribution in [2.75, 3.05) is 32.8 Å². The maximum atomic E-state index is 14.2. The topological polar surface area (TPSA) is 32.8 Å². The molecule has 0 bridgehead atoms. The molecule has 0 aliphatic carbocycles. The van der Waals surface area contributed by atoms with E-state index in [1.54, 1.807) is 12.1 Å². The number of ether oxygens (including phenoxy) is 1. The average Bonchev–Trinajstić information content (AvgIpc) is 2.70. The van der Waals surface area contributed by atoms with Gasteiger partial charge in [-0.25, -0.2) is 4.39 Å². The van der Waals surface area contributed by atoms with Crippen LogP contribution in [0.25, 0.3) is 0 Å². The molecule has 0 spiro atoms. The molecule has 0 saturated carbocycles. The van der Waals surface area contributed by atoms with E-state index < -0.39 is 5.82 Å². The van der Waals surface area contributed by atoms with Crippen molar-refractivity contribution in [1.29, 1.82) is 0 Å². The predicted molar refractivity (Wildman–Crippen MR) is 109 cm³/mol. The summed E-state index contributed by atoms with van der Waals surface area (Å²) in [5, 5.41) is 0.286. The van der Waals surface area contributed by atoms with Gasteiger partial charge in [0.1, 0.15) is 5.82 Å². The second kappa shape index (κ2) is 10.0. The molecule has 150 valence electrons. The highest BCUT2D eigenvalue weighted by Gasteiger charge is 2.25. The summed E-state index contributed by atoms with van der Waals surface area (Å²) in [6.07, 6.45) is -0.0498. The van der Waals surface area contributed by atoms with E-state index in [0.29, 0.717) is 19.8 Å². The van der Waals surface area contributed by atoms with Gasteiger partial charge >= 0.3 is 0 Å². The number of amides is 1. The Kier molecular flexibility index (Phi) is 7.43. The first-order valence-corrected chi connectivity index (χ1v) is 9.99. The Morgan fingerprint density at radius 3 is 2.57 bits per heavy atom. The van der Waals surface area contributed by atoms with Crippen LogP contribution in [0.1, 0.15) is 18.1 Å². The fourth-order valence-electron chi connectivity index (χ4n) is 3.48. The lowest BCUT2D eigenvalue weighted by atomic mass is 10.1. The molecular formula is C22H26ClFN2O2. The number of carbonyl (C=O) groups is 1. The summed E-state index contributed by atoms with van der Waals surface area (Å²) >= 11 is 6.14. The van der Waals surface area contributed by atoms with E-state index in [1.807, 2.05) is 42.2 Å². The number of rotatable bonds is 7. The first-order valence-electron chi connectivity index (χ1n) is 9.61. The van der Waals surface area contributed by atoms with E-state index >= 15 is 0 Å². The van der Waals surface area contributed by atoms with Gasteiger partial charge in [-0.3, -0.25) is 9.69 Å². The van der Waals surface area contributed by atoms with Crippen molar-refractivity contribution in [2.45, 2.75) is 25.9 Å². The van der Waals surface area contributed by atoms with E-state index in [0.717, 1.165) is 25.2 Å². The van der Waals surface area contributed by atoms with Gasteiger partial charge in [0.2, 0.25) is 5.91 Å². The highest BCUT2D eigenvalue weighted by molar-refractivity contribution is 6.31. The van der Waals surface area contributed by atoms with Crippen LogP contribution in [-0.4, -0.2) is 54.6 Å². The van der Waals surface area contributed by atoms with Crippen LogP contribution in [0.4, 0.5) is 4.39 Å². The fourth-order valence-corrected chi connectivity index (χ4v) is 3.71. The van der Waals surface area contributed by atoms with Crippen molar-refractivity contribution < 1.29 is 13.9 Å². The van der Waals surface area contributed by atoms with Crippen LogP contribution < -0.4 is 0 Å². The molecule has 28 heavy (non-hydrogen) atoms. The second-order valence-electron chi connectivity index (χ2n) is 7.15. The highest BCUT2D eigenvalue weighted by atomic mass is 35.5. The van der Waals surface area contributed by atoms with Gasteiger partial charge in [-0.05, 0) is 24.6 Å². The number of hydrogen-bond donors (Lipinski definition) is 0. The summed E-state index contributed by atoms with van der Waals surface area (Å²) in [5.74, 6) is -0.571. The molecule has 2 aromatic carbocycles. The molecule has 1 saturated heterocycles. The van der Waals surface area contributed by atoms with E-state index in [9.17, 15) is 9.18 Å². The number of benzene rings is 2. The van der Waals surface area contributed by atoms with E-state index in [-0.39, 0.29) is 29.0 Å². The maximum Gasteiger partial charge on any atom is 0.227 e. The number of morpholine rings is 1. The molecule has 0 radical (unpaired) electrons. The molecule has 1 heterocycles. The second-order valence-corrected chi connectivity index (χ2v) is 7.55. The molecule has 1 atom stereocenters. The number of halogens is 2. The van der Waals surface area contributed by atoms with Gasteiger partial charge in [0.25, 0.3) is 0 Å². The number of carbonyl (C=O) groups excluding carboxylic acids is 1. The van der Waals surface area contributed by atoms with Gasteiger partial charge in [-0.1, -0.05) is 48.0 Å². The molecule has 3 rings (SSSR count). The van der Waals surface area contributed by atoms with Gasteiger partial charge in [0.15, 0.2) is 0 Å². The van der Waals surface area contributed by atoms with Crippen molar-refractivity contribution in [1.82, 2.24) is 9.80 Å². The Balaban J connectivity index is 1.77. The zero-order valence-corrected chi connectivity index (χ0v) is 16.9. The Hall–Kier alpha value is -1.95. The third-order valence-electron chi connectivity index (χ3n) is 5.06. The molecule has 0 aromatic heterocycles. The molecule has 1 aliphatic heterocycles. The zero-order valence-electron chi connectivity index (χ0n) is 16.1. The van der Waals surface area contributed by atoms with Gasteiger partial charge in [0.05, 0.1) is 19.6 Å². The van der Waals surface area contributed by atoms with Gasteiger partial charge < -0.3 is 9.64 Å². The lowest BCUT2D eigenvalue weighted by Gasteiger charge is -2.35. The summed E-state index contributed by atoms with van der Waals surface area (Å²) in [4.78, 5) is 17.3. The van der Waals surface area contributed by atoms with Gasteiger partial charge in [0, 0.05) is 42.8 Å². The van der Waals surface area contributed by atoms with Crippen LogP contribution in [0.2, 0.25) is 5.02 Å². The van der Waals surface area contributed by atoms with Crippen LogP contribution in [0, 0.1) is 5.82 Å². The number of hydrogen-bond acceptors (Lipinski definition) is 3. The minimum absolute atomic E-state index is 0.0173. The maximum absolute atomic E-state index is 14.2. The highest BCUT2D eigenvalue weighted by Crippen LogP contribution is 2.21. The fraction of sp³-hybridized carbons (Fsp3) is 0.409. The smallest absolute Gasteiger partial charge is 0.227 e. The lowest BCUT2D eigenvalue weighted by Crippen LogP contribution is -2.48. The molecular weight excluding hydrogens is 379 g/mol. The normalized spacial score (nSPS) is 16.0. The zero-order chi connectivity index (χ0) is 19.9. The van der Waals surface area contributed by atoms with E-state index in [1.165, 1.54) is 6.07 Å². The largest absolute Gasteiger partial charge is 0.379 e. The van der Waals surface area contributed by atoms with E-state index in [2.05, 4.69) is 4.90 Å². The summed E-state index contributed by atoms with van der Waals surface area (Å²) in [5.41, 5.74) is 1.30. The van der Waals surface area contributed by atoms with Crippen LogP contribution in [0.5, 0.6) is 0 Å². The van der Waals surface area contributed by atoms with Gasteiger partial charge in [-0.15, -0.1) is 0 Å². The molecule has 1 fully saturated rings. The van der Waals surface area contributed by atoms with Crippen molar-refractivity contribution in [3.63, 3.8) is 0 Å². The van der Waals surface area contributed by atoms with Gasteiger partial charge in [-0.2, -0.15) is 0 Å². The molecule has 1 amide bonds. The number of nitrogens with zero attached hydrogens (tertiary/aromatic N) is 2. The van der Waals surface area contributed by atoms with Crippen LogP contribution in [0.15, 0.2) is 48.5 Å². The van der Waals surface area contributed by atoms with Crippen molar-refractivity contribution >= 4 is 17.5 Å². The average molecular weight is 405 g/mol. The third-order valence-corrected chi connectivity index (χ3v) is 5.42. The Morgan fingerprint density at radius 1 is 1.18 bits per heavy atom. The Labute approximate surface area is 170 Å². The quantitative estimate of drug-likeness (QED) is 0.704. The summed E-state index contributed by atoms with van der Waals surface area (Å²) in [7, 11) is 0. The lowest BCUT2D eigenvalue weighted by molar-refractivity contribution is -0.133. The van der Waals surface area contributed by atoms with Crippen molar-refractivity contribution in [2.24, 2.45) is 0 Å². The third kappa shape index (κ3) is 5.53. The van der Waals surface area contributed by atoms with Crippen molar-refractivity contribution in [3.05, 3.63) is 70.5 Å². The molecule has 1 unspecified atom stereocenters. The monoisotopic (exact) mass is 404 g/mol. The van der Waals surface area contributed by atoms with Crippen LogP contribution in [0.3, 0.4) is 0 Å². The minimum atomic E-state index is -0.443. The molecule has 1 aliphatic rings. The Morgan fingerprint density at radius 2 is 1.89 bits per heavy atom. The van der Waals surface area contributed by atoms with Crippen molar-refractivity contribution in [3.8, 4) is 0 Å². The summed E-state index contributed by atoms with van der Waals surface area (Å²) < 4.78 is 19.6. The minimum Gasteiger partial charge on any atom is -0.379 e. The molecule has 2 aromatic rings. The van der Waals surface area contributed by atoms with Crippen LogP contribution in [-0.2, 0) is 22.5 Å². The first kappa shape index (κ1) is 20.8. The van der Waals surface area contributed by atoms with Crippen LogP contribution >= 0.6 is 11.6 Å². The summed E-state index contributed by atoms with van der Waals surface area (Å²) in [6, 6.07) is 14.3. The summed E-state index contributed by atoms with van der Waals surface area (Å²) in [6.45, 7) is 6.42. The first-order chi connectivity index (χ1) is 13.5.